The summed E-state index contributed by atoms with van der Waals surface area (Å²) < 4.78 is 11.0. The minimum atomic E-state index is -1.09. The quantitative estimate of drug-likeness (QED) is 0.322. The number of rotatable bonds is 11. The van der Waals surface area contributed by atoms with Gasteiger partial charge in [-0.1, -0.05) is 55.0 Å². The van der Waals surface area contributed by atoms with Gasteiger partial charge >= 0.3 is 11.9 Å². The summed E-state index contributed by atoms with van der Waals surface area (Å²) in [5.41, 5.74) is 14.1. The molecule has 0 aliphatic rings. The number of ether oxygens (including phenoxy) is 2. The number of benzene rings is 2. The Morgan fingerprint density at radius 2 is 1.71 bits per heavy atom. The lowest BCUT2D eigenvalue weighted by Crippen LogP contribution is -2.39. The fourth-order valence-electron chi connectivity index (χ4n) is 3.35. The van der Waals surface area contributed by atoms with E-state index < -0.39 is 24.1 Å². The average molecular weight is 424 g/mol. The average Bonchev–Trinajstić information content (AvgIpc) is 3.20. The second-order valence-electron chi connectivity index (χ2n) is 7.47. The van der Waals surface area contributed by atoms with E-state index in [2.05, 4.69) is 4.98 Å². The summed E-state index contributed by atoms with van der Waals surface area (Å²) in [5, 5.41) is 0.964. The zero-order valence-electron chi connectivity index (χ0n) is 17.5. The summed E-state index contributed by atoms with van der Waals surface area (Å²) in [6.07, 6.45) is 2.87. The molecule has 0 saturated carbocycles. The SMILES string of the molecule is NCCCC[C@H](N)C(=O)O[C@@H](Cc1c[nH]c2ccccc12)C(=O)OCc1ccccc1. The molecule has 31 heavy (non-hydrogen) atoms. The molecule has 0 aliphatic heterocycles. The van der Waals surface area contributed by atoms with Gasteiger partial charge in [-0.05, 0) is 36.6 Å². The Balaban J connectivity index is 1.71. The third kappa shape index (κ3) is 6.41. The predicted octanol–water partition coefficient (Wildman–Crippen LogP) is 2.82. The molecule has 0 radical (unpaired) electrons. The van der Waals surface area contributed by atoms with Crippen LogP contribution in [-0.4, -0.2) is 35.6 Å². The van der Waals surface area contributed by atoms with Crippen LogP contribution in [0.4, 0.5) is 0 Å². The summed E-state index contributed by atoms with van der Waals surface area (Å²) in [7, 11) is 0. The first kappa shape index (κ1) is 22.5. The van der Waals surface area contributed by atoms with Gasteiger partial charge in [0.05, 0.1) is 0 Å². The summed E-state index contributed by atoms with van der Waals surface area (Å²) in [6.45, 7) is 0.640. The lowest BCUT2D eigenvalue weighted by molar-refractivity contribution is -0.169. The molecule has 164 valence electrons. The lowest BCUT2D eigenvalue weighted by Gasteiger charge is -2.19. The molecule has 0 saturated heterocycles. The van der Waals surface area contributed by atoms with Crippen LogP contribution in [0.15, 0.2) is 60.8 Å². The molecule has 3 rings (SSSR count). The normalized spacial score (nSPS) is 13.0. The molecule has 0 unspecified atom stereocenters. The number of carbonyl (C=O) groups excluding carboxylic acids is 2. The number of hydrogen-bond donors (Lipinski definition) is 3. The van der Waals surface area contributed by atoms with Crippen molar-refractivity contribution in [2.75, 3.05) is 6.54 Å². The Labute approximate surface area is 181 Å². The van der Waals surface area contributed by atoms with Crippen LogP contribution in [-0.2, 0) is 32.1 Å². The maximum absolute atomic E-state index is 12.8. The highest BCUT2D eigenvalue weighted by Crippen LogP contribution is 2.21. The Hall–Kier alpha value is -3.16. The van der Waals surface area contributed by atoms with Gasteiger partial charge in [-0.25, -0.2) is 4.79 Å². The van der Waals surface area contributed by atoms with E-state index in [4.69, 9.17) is 20.9 Å². The first-order chi connectivity index (χ1) is 15.1. The molecule has 1 aromatic heterocycles. The van der Waals surface area contributed by atoms with Crippen molar-refractivity contribution < 1.29 is 19.1 Å². The number of fused-ring (bicyclic) bond motifs is 1. The monoisotopic (exact) mass is 423 g/mol. The third-order valence-corrected chi connectivity index (χ3v) is 5.10. The van der Waals surface area contributed by atoms with Crippen LogP contribution in [0.3, 0.4) is 0 Å². The van der Waals surface area contributed by atoms with Crippen LogP contribution in [0.1, 0.15) is 30.4 Å². The largest absolute Gasteiger partial charge is 0.458 e. The molecule has 0 aliphatic carbocycles. The Morgan fingerprint density at radius 1 is 0.968 bits per heavy atom. The topological polar surface area (TPSA) is 120 Å². The van der Waals surface area contributed by atoms with Crippen LogP contribution in [0, 0.1) is 0 Å². The first-order valence-corrected chi connectivity index (χ1v) is 10.5. The number of carbonyl (C=O) groups is 2. The lowest BCUT2D eigenvalue weighted by atomic mass is 10.1. The van der Waals surface area contributed by atoms with Gasteiger partial charge in [-0.15, -0.1) is 0 Å². The van der Waals surface area contributed by atoms with Crippen LogP contribution < -0.4 is 11.5 Å². The standard InChI is InChI=1S/C24H29N3O4/c25-13-7-6-11-20(26)23(28)31-22(24(29)30-16-17-8-2-1-3-9-17)14-18-15-27-21-12-5-4-10-19(18)21/h1-5,8-10,12,15,20,22,27H,6-7,11,13-14,16,25-26H2/t20-,22-/m0/s1. The van der Waals surface area contributed by atoms with Crippen molar-refractivity contribution in [3.63, 3.8) is 0 Å². The fourth-order valence-corrected chi connectivity index (χ4v) is 3.35. The Bertz CT molecular complexity index is 987. The van der Waals surface area contributed by atoms with Gasteiger partial charge in [0, 0.05) is 23.5 Å². The number of hydrogen-bond acceptors (Lipinski definition) is 6. The van der Waals surface area contributed by atoms with Crippen molar-refractivity contribution in [3.8, 4) is 0 Å². The smallest absolute Gasteiger partial charge is 0.348 e. The molecule has 0 fully saturated rings. The van der Waals surface area contributed by atoms with Crippen molar-refractivity contribution >= 4 is 22.8 Å². The van der Waals surface area contributed by atoms with Crippen molar-refractivity contribution in [2.24, 2.45) is 11.5 Å². The molecule has 0 amide bonds. The molecule has 0 spiro atoms. The number of nitrogens with one attached hydrogen (secondary N) is 1. The van der Waals surface area contributed by atoms with E-state index in [0.29, 0.717) is 13.0 Å². The molecular formula is C24H29N3O4. The number of H-pyrrole nitrogens is 1. The van der Waals surface area contributed by atoms with Crippen LogP contribution in [0.2, 0.25) is 0 Å². The fraction of sp³-hybridized carbons (Fsp3) is 0.333. The minimum Gasteiger partial charge on any atom is -0.458 e. The maximum atomic E-state index is 12.8. The summed E-state index contributed by atoms with van der Waals surface area (Å²) in [4.78, 5) is 28.5. The zero-order chi connectivity index (χ0) is 22.1. The van der Waals surface area contributed by atoms with E-state index in [1.807, 2.05) is 60.8 Å². The molecule has 7 nitrogen and oxygen atoms in total. The second-order valence-corrected chi connectivity index (χ2v) is 7.47. The van der Waals surface area contributed by atoms with Gasteiger partial charge < -0.3 is 25.9 Å². The van der Waals surface area contributed by atoms with E-state index >= 15 is 0 Å². The van der Waals surface area contributed by atoms with E-state index in [9.17, 15) is 9.59 Å². The molecule has 5 N–H and O–H groups in total. The summed E-state index contributed by atoms with van der Waals surface area (Å²) >= 11 is 0. The van der Waals surface area contributed by atoms with Crippen molar-refractivity contribution in [3.05, 3.63) is 71.9 Å². The van der Waals surface area contributed by atoms with Gasteiger partial charge in [0.25, 0.3) is 0 Å². The van der Waals surface area contributed by atoms with E-state index in [0.717, 1.165) is 34.9 Å². The molecule has 3 aromatic rings. The van der Waals surface area contributed by atoms with Crippen LogP contribution in [0.5, 0.6) is 0 Å². The highest BCUT2D eigenvalue weighted by atomic mass is 16.6. The molecule has 2 atom stereocenters. The molecule has 2 aromatic carbocycles. The van der Waals surface area contributed by atoms with Crippen LogP contribution >= 0.6 is 0 Å². The zero-order valence-corrected chi connectivity index (χ0v) is 17.5. The van der Waals surface area contributed by atoms with Gasteiger partial charge in [0.15, 0.2) is 0 Å². The predicted molar refractivity (Wildman–Crippen MR) is 119 cm³/mol. The number of aromatic nitrogens is 1. The summed E-state index contributed by atoms with van der Waals surface area (Å²) in [6, 6.07) is 16.3. The summed E-state index contributed by atoms with van der Waals surface area (Å²) in [5.74, 6) is -1.21. The molecule has 1 heterocycles. The molecular weight excluding hydrogens is 394 g/mol. The van der Waals surface area contributed by atoms with Gasteiger partial charge in [0.2, 0.25) is 6.10 Å². The third-order valence-electron chi connectivity index (χ3n) is 5.10. The van der Waals surface area contributed by atoms with Gasteiger partial charge in [-0.3, -0.25) is 4.79 Å². The van der Waals surface area contributed by atoms with E-state index in [1.165, 1.54) is 0 Å². The van der Waals surface area contributed by atoms with E-state index in [1.54, 1.807) is 0 Å². The van der Waals surface area contributed by atoms with Crippen molar-refractivity contribution in [1.29, 1.82) is 0 Å². The van der Waals surface area contributed by atoms with Gasteiger partial charge in [0.1, 0.15) is 12.6 Å². The minimum absolute atomic E-state index is 0.101. The highest BCUT2D eigenvalue weighted by Gasteiger charge is 2.28. The molecule has 7 heteroatoms. The number of para-hydroxylation sites is 1. The number of nitrogens with two attached hydrogens (primary N) is 2. The van der Waals surface area contributed by atoms with Gasteiger partial charge in [-0.2, -0.15) is 0 Å². The maximum Gasteiger partial charge on any atom is 0.348 e. The van der Waals surface area contributed by atoms with Crippen molar-refractivity contribution in [2.45, 2.75) is 44.4 Å². The highest BCUT2D eigenvalue weighted by molar-refractivity contribution is 5.85. The Morgan fingerprint density at radius 3 is 2.48 bits per heavy atom. The number of unbranched alkanes of at least 4 members (excludes halogenated alkanes) is 1. The Kier molecular flexibility index (Phi) is 8.20. The number of aromatic amines is 1. The van der Waals surface area contributed by atoms with E-state index in [-0.39, 0.29) is 13.0 Å². The van der Waals surface area contributed by atoms with Crippen LogP contribution in [0.25, 0.3) is 10.9 Å². The second kappa shape index (κ2) is 11.3. The molecule has 0 bridgehead atoms. The van der Waals surface area contributed by atoms with Crippen molar-refractivity contribution in [1.82, 2.24) is 4.98 Å². The first-order valence-electron chi connectivity index (χ1n) is 10.5. The number of esters is 2.